The van der Waals surface area contributed by atoms with E-state index in [4.69, 9.17) is 0 Å². The second kappa shape index (κ2) is 5.34. The van der Waals surface area contributed by atoms with Crippen LogP contribution in [0.15, 0.2) is 0 Å². The maximum atomic E-state index is 12.9. The maximum absolute atomic E-state index is 12.9. The summed E-state index contributed by atoms with van der Waals surface area (Å²) in [7, 11) is 0. The number of imide groups is 1. The summed E-state index contributed by atoms with van der Waals surface area (Å²) in [4.78, 5) is 31.2. The number of unbranched alkanes of at least 4 members (excludes halogenated alkanes) is 1. The molecular weight excluding hydrogens is 270 g/mol. The van der Waals surface area contributed by atoms with E-state index in [1.54, 1.807) is 0 Å². The second-order valence-corrected chi connectivity index (χ2v) is 6.54. The summed E-state index contributed by atoms with van der Waals surface area (Å²) < 4.78 is 0. The van der Waals surface area contributed by atoms with E-state index in [0.29, 0.717) is 32.6 Å². The van der Waals surface area contributed by atoms with Crippen LogP contribution < -0.4 is 0 Å². The number of fused-ring (bicyclic) bond motifs is 2. The molecule has 0 bridgehead atoms. The smallest absolute Gasteiger partial charge is 0.252 e. The zero-order chi connectivity index (χ0) is 15.2. The van der Waals surface area contributed by atoms with Crippen molar-refractivity contribution in [3.8, 4) is 0 Å². The van der Waals surface area contributed by atoms with Crippen LogP contribution in [0.2, 0.25) is 0 Å². The number of likely N-dealkylation sites (tertiary alicyclic amines) is 1. The minimum atomic E-state index is -0.570. The molecule has 6 heteroatoms. The summed E-state index contributed by atoms with van der Waals surface area (Å²) in [6.07, 6.45) is 1.77. The third-order valence-electron chi connectivity index (χ3n) is 5.18. The van der Waals surface area contributed by atoms with Crippen LogP contribution in [0.5, 0.6) is 0 Å². The van der Waals surface area contributed by atoms with Crippen molar-refractivity contribution < 1.29 is 14.7 Å². The highest BCUT2D eigenvalue weighted by Gasteiger charge is 2.63. The molecule has 6 nitrogen and oxygen atoms in total. The molecule has 3 aliphatic heterocycles. The number of carbonyl (C=O) groups is 2. The predicted octanol–water partition coefficient (Wildman–Crippen LogP) is -0.335. The molecule has 0 saturated carbocycles. The van der Waals surface area contributed by atoms with Crippen LogP contribution in [-0.4, -0.2) is 82.0 Å². The Morgan fingerprint density at radius 2 is 2.00 bits per heavy atom. The maximum Gasteiger partial charge on any atom is 0.252 e. The van der Waals surface area contributed by atoms with Gasteiger partial charge in [0, 0.05) is 26.2 Å². The van der Waals surface area contributed by atoms with Crippen molar-refractivity contribution in [2.45, 2.75) is 50.8 Å². The molecule has 2 atom stereocenters. The molecule has 21 heavy (non-hydrogen) atoms. The van der Waals surface area contributed by atoms with Crippen molar-refractivity contribution in [2.75, 3.05) is 32.7 Å². The number of β-amino-alcohol motifs (C(OH)–C–C–N with tert-alkyl or cyclic N) is 1. The lowest BCUT2D eigenvalue weighted by atomic mass is 9.82. The van der Waals surface area contributed by atoms with Crippen LogP contribution >= 0.6 is 0 Å². The molecule has 2 amide bonds. The molecule has 0 radical (unpaired) electrons. The fourth-order valence-electron chi connectivity index (χ4n) is 3.94. The first-order valence-electron chi connectivity index (χ1n) is 8.06. The van der Waals surface area contributed by atoms with Crippen molar-refractivity contribution >= 4 is 11.8 Å². The van der Waals surface area contributed by atoms with E-state index in [1.165, 1.54) is 4.90 Å². The molecule has 3 aliphatic rings. The standard InChI is InChI=1S/C15H25N3O3/c1-3-5-6-17-13(20)12-7-11(19)8-18(12)15(14(17)21)9-16(4-2)10-15/h11-12,19H,3-10H2,1-2H3/t11-,12+/m1/s1. The number of aliphatic hydroxyl groups is 1. The van der Waals surface area contributed by atoms with Gasteiger partial charge >= 0.3 is 0 Å². The highest BCUT2D eigenvalue weighted by Crippen LogP contribution is 2.40. The van der Waals surface area contributed by atoms with Crippen LogP contribution in [0.25, 0.3) is 0 Å². The summed E-state index contributed by atoms with van der Waals surface area (Å²) in [5.74, 6) is -0.151. The Morgan fingerprint density at radius 3 is 2.62 bits per heavy atom. The van der Waals surface area contributed by atoms with E-state index in [1.807, 2.05) is 4.90 Å². The van der Waals surface area contributed by atoms with Crippen LogP contribution in [0.4, 0.5) is 0 Å². The number of carbonyl (C=O) groups excluding carboxylic acids is 2. The van der Waals surface area contributed by atoms with E-state index in [9.17, 15) is 14.7 Å². The molecule has 3 fully saturated rings. The van der Waals surface area contributed by atoms with Gasteiger partial charge < -0.3 is 5.11 Å². The summed E-state index contributed by atoms with van der Waals surface area (Å²) in [6, 6.07) is -0.312. The topological polar surface area (TPSA) is 64.1 Å². The Kier molecular flexibility index (Phi) is 3.80. The Bertz CT molecular complexity index is 447. The summed E-state index contributed by atoms with van der Waals surface area (Å²) >= 11 is 0. The summed E-state index contributed by atoms with van der Waals surface area (Å²) in [6.45, 7) is 7.38. The Balaban J connectivity index is 1.87. The van der Waals surface area contributed by atoms with Crippen LogP contribution in [0.3, 0.4) is 0 Å². The minimum absolute atomic E-state index is 0.0454. The van der Waals surface area contributed by atoms with E-state index >= 15 is 0 Å². The number of hydrogen-bond acceptors (Lipinski definition) is 5. The average Bonchev–Trinajstić information content (AvgIpc) is 2.80. The van der Waals surface area contributed by atoms with Gasteiger partial charge in [-0.25, -0.2) is 0 Å². The Hall–Kier alpha value is -0.980. The van der Waals surface area contributed by atoms with Crippen LogP contribution in [-0.2, 0) is 9.59 Å². The van der Waals surface area contributed by atoms with Gasteiger partial charge in [-0.2, -0.15) is 0 Å². The summed E-state index contributed by atoms with van der Waals surface area (Å²) in [5.41, 5.74) is -0.570. The van der Waals surface area contributed by atoms with Crippen molar-refractivity contribution in [3.63, 3.8) is 0 Å². The first-order valence-corrected chi connectivity index (χ1v) is 8.06. The molecule has 1 spiro atoms. The van der Waals surface area contributed by atoms with Gasteiger partial charge in [0.15, 0.2) is 0 Å². The molecule has 3 rings (SSSR count). The van der Waals surface area contributed by atoms with Crippen molar-refractivity contribution in [2.24, 2.45) is 0 Å². The van der Waals surface area contributed by atoms with Crippen molar-refractivity contribution in [1.82, 2.24) is 14.7 Å². The van der Waals surface area contributed by atoms with Crippen LogP contribution in [0, 0.1) is 0 Å². The molecule has 0 aromatic heterocycles. The number of nitrogens with zero attached hydrogens (tertiary/aromatic N) is 3. The largest absolute Gasteiger partial charge is 0.392 e. The highest BCUT2D eigenvalue weighted by molar-refractivity contribution is 6.06. The molecule has 0 aromatic rings. The minimum Gasteiger partial charge on any atom is -0.392 e. The highest BCUT2D eigenvalue weighted by atomic mass is 16.3. The zero-order valence-corrected chi connectivity index (χ0v) is 12.9. The molecule has 118 valence electrons. The van der Waals surface area contributed by atoms with Crippen molar-refractivity contribution in [1.29, 1.82) is 0 Å². The van der Waals surface area contributed by atoms with Crippen molar-refractivity contribution in [3.05, 3.63) is 0 Å². The normalized spacial score (nSPS) is 32.6. The molecule has 0 unspecified atom stereocenters. The van der Waals surface area contributed by atoms with Gasteiger partial charge in [0.25, 0.3) is 5.91 Å². The van der Waals surface area contributed by atoms with Gasteiger partial charge in [-0.1, -0.05) is 20.3 Å². The molecule has 0 aliphatic carbocycles. The van der Waals surface area contributed by atoms with Gasteiger partial charge in [-0.15, -0.1) is 0 Å². The van der Waals surface area contributed by atoms with E-state index in [0.717, 1.165) is 19.4 Å². The van der Waals surface area contributed by atoms with Gasteiger partial charge in [0.2, 0.25) is 5.91 Å². The second-order valence-electron chi connectivity index (χ2n) is 6.54. The third kappa shape index (κ3) is 2.12. The summed E-state index contributed by atoms with van der Waals surface area (Å²) in [5, 5.41) is 9.96. The number of rotatable bonds is 4. The number of piperazine rings is 1. The fraction of sp³-hybridized carbons (Fsp3) is 0.867. The number of amides is 2. The van der Waals surface area contributed by atoms with E-state index in [2.05, 4.69) is 18.7 Å². The number of aliphatic hydroxyl groups excluding tert-OH is 1. The molecule has 3 heterocycles. The molecule has 3 saturated heterocycles. The lowest BCUT2D eigenvalue weighted by Crippen LogP contribution is -2.81. The SMILES string of the molecule is CCCCN1C(=O)[C@@H]2C[C@@H](O)CN2C2(CN(CC)C2)C1=O. The Morgan fingerprint density at radius 1 is 1.29 bits per heavy atom. The van der Waals surface area contributed by atoms with Gasteiger partial charge in [0.05, 0.1) is 12.1 Å². The number of likely N-dealkylation sites (N-methyl/N-ethyl adjacent to an activating group) is 1. The van der Waals surface area contributed by atoms with Gasteiger partial charge in [-0.05, 0) is 19.4 Å². The zero-order valence-electron chi connectivity index (χ0n) is 12.9. The first kappa shape index (κ1) is 14.9. The third-order valence-corrected chi connectivity index (χ3v) is 5.18. The molecular formula is C15H25N3O3. The monoisotopic (exact) mass is 295 g/mol. The lowest BCUT2D eigenvalue weighted by Gasteiger charge is -2.58. The molecule has 1 N–H and O–H groups in total. The number of hydrogen-bond donors (Lipinski definition) is 1. The van der Waals surface area contributed by atoms with E-state index < -0.39 is 11.6 Å². The van der Waals surface area contributed by atoms with Gasteiger partial charge in [-0.3, -0.25) is 24.3 Å². The predicted molar refractivity (Wildman–Crippen MR) is 77.6 cm³/mol. The molecule has 0 aromatic carbocycles. The average molecular weight is 295 g/mol. The van der Waals surface area contributed by atoms with Gasteiger partial charge in [0.1, 0.15) is 5.54 Å². The van der Waals surface area contributed by atoms with Crippen LogP contribution in [0.1, 0.15) is 33.1 Å². The Labute approximate surface area is 125 Å². The lowest BCUT2D eigenvalue weighted by molar-refractivity contribution is -0.179. The fourth-order valence-corrected chi connectivity index (χ4v) is 3.94. The quantitative estimate of drug-likeness (QED) is 0.719. The first-order chi connectivity index (χ1) is 10.0. The van der Waals surface area contributed by atoms with E-state index in [-0.39, 0.29) is 17.9 Å².